The topological polar surface area (TPSA) is 146 Å². The zero-order valence-corrected chi connectivity index (χ0v) is 21.9. The minimum Gasteiger partial charge on any atom is -0.454 e. The van der Waals surface area contributed by atoms with E-state index in [1.807, 2.05) is 24.3 Å². The van der Waals surface area contributed by atoms with Gasteiger partial charge < -0.3 is 20.1 Å². The lowest BCUT2D eigenvalue weighted by Gasteiger charge is -2.11. The van der Waals surface area contributed by atoms with Gasteiger partial charge >= 0.3 is 0 Å². The first-order valence-electron chi connectivity index (χ1n) is 12.6. The lowest BCUT2D eigenvalue weighted by Crippen LogP contribution is -2.16. The quantitative estimate of drug-likeness (QED) is 0.128. The molecule has 0 saturated carbocycles. The summed E-state index contributed by atoms with van der Waals surface area (Å²) in [6.45, 7) is 3.47. The van der Waals surface area contributed by atoms with Crippen LogP contribution in [0.15, 0.2) is 66.0 Å². The molecule has 0 bridgehead atoms. The largest absolute Gasteiger partial charge is 0.454 e. The van der Waals surface area contributed by atoms with Crippen LogP contribution in [0.2, 0.25) is 5.02 Å². The number of anilines is 1. The van der Waals surface area contributed by atoms with Gasteiger partial charge in [0.2, 0.25) is 0 Å². The summed E-state index contributed by atoms with van der Waals surface area (Å²) in [5, 5.41) is 28.5. The number of aromatic nitrogens is 6. The predicted molar refractivity (Wildman–Crippen MR) is 150 cm³/mol. The van der Waals surface area contributed by atoms with Gasteiger partial charge in [0.25, 0.3) is 5.56 Å². The van der Waals surface area contributed by atoms with Crippen LogP contribution < -0.4 is 20.9 Å². The van der Waals surface area contributed by atoms with Gasteiger partial charge in [-0.3, -0.25) is 15.0 Å². The molecule has 202 valence electrons. The van der Waals surface area contributed by atoms with Gasteiger partial charge in [-0.25, -0.2) is 5.10 Å². The molecular weight excluding hydrogens is 520 g/mol. The number of ether oxygens (including phenoxy) is 2. The zero-order chi connectivity index (χ0) is 26.9. The van der Waals surface area contributed by atoms with Gasteiger partial charge in [0.15, 0.2) is 5.75 Å². The monoisotopic (exact) mass is 548 g/mol. The third-order valence-electron chi connectivity index (χ3n) is 5.98. The highest BCUT2D eigenvalue weighted by Crippen LogP contribution is 2.29. The van der Waals surface area contributed by atoms with E-state index in [1.165, 1.54) is 6.07 Å². The molecule has 5 rings (SSSR count). The fourth-order valence-corrected chi connectivity index (χ4v) is 4.41. The van der Waals surface area contributed by atoms with Gasteiger partial charge in [0, 0.05) is 47.4 Å². The van der Waals surface area contributed by atoms with Crippen molar-refractivity contribution >= 4 is 28.2 Å². The van der Waals surface area contributed by atoms with E-state index in [-0.39, 0.29) is 5.56 Å². The Morgan fingerprint density at radius 1 is 0.846 bits per heavy atom. The predicted octanol–water partition coefficient (Wildman–Crippen LogP) is 4.48. The molecule has 39 heavy (non-hydrogen) atoms. The van der Waals surface area contributed by atoms with Crippen molar-refractivity contribution in [2.24, 2.45) is 0 Å². The van der Waals surface area contributed by atoms with E-state index in [0.717, 1.165) is 52.7 Å². The number of H-pyrrole nitrogens is 3. The molecule has 12 heteroatoms. The van der Waals surface area contributed by atoms with E-state index in [1.54, 1.807) is 30.9 Å². The Morgan fingerprint density at radius 3 is 2.64 bits per heavy atom. The van der Waals surface area contributed by atoms with Crippen LogP contribution in [0.25, 0.3) is 22.0 Å². The van der Waals surface area contributed by atoms with Gasteiger partial charge in [0.1, 0.15) is 5.75 Å². The molecule has 0 aliphatic carbocycles. The van der Waals surface area contributed by atoms with Crippen molar-refractivity contribution < 1.29 is 9.47 Å². The highest BCUT2D eigenvalue weighted by molar-refractivity contribution is 6.30. The van der Waals surface area contributed by atoms with Crippen molar-refractivity contribution in [1.82, 2.24) is 35.9 Å². The van der Waals surface area contributed by atoms with E-state index in [0.29, 0.717) is 42.8 Å². The van der Waals surface area contributed by atoms with Gasteiger partial charge in [-0.2, -0.15) is 15.3 Å². The van der Waals surface area contributed by atoms with E-state index < -0.39 is 0 Å². The molecule has 3 aromatic heterocycles. The number of nitrogens with zero attached hydrogens (tertiary/aromatic N) is 3. The summed E-state index contributed by atoms with van der Waals surface area (Å²) >= 11 is 6.24. The van der Waals surface area contributed by atoms with Crippen LogP contribution in [-0.4, -0.2) is 56.9 Å². The van der Waals surface area contributed by atoms with Crippen molar-refractivity contribution in [2.75, 3.05) is 31.6 Å². The second kappa shape index (κ2) is 13.1. The first-order chi connectivity index (χ1) is 19.1. The lowest BCUT2D eigenvalue weighted by atomic mass is 10.1. The number of hydrogen-bond acceptors (Lipinski definition) is 8. The van der Waals surface area contributed by atoms with Crippen LogP contribution in [0.4, 0.5) is 5.69 Å². The third kappa shape index (κ3) is 7.44. The zero-order valence-electron chi connectivity index (χ0n) is 21.2. The number of hydrogen-bond donors (Lipinski definition) is 5. The summed E-state index contributed by atoms with van der Waals surface area (Å²) in [6, 6.07) is 11.1. The molecule has 3 heterocycles. The van der Waals surface area contributed by atoms with Crippen LogP contribution >= 0.6 is 11.6 Å². The molecule has 5 N–H and O–H groups in total. The summed E-state index contributed by atoms with van der Waals surface area (Å²) in [6.07, 6.45) is 8.65. The van der Waals surface area contributed by atoms with Crippen molar-refractivity contribution in [3.8, 4) is 22.6 Å². The summed E-state index contributed by atoms with van der Waals surface area (Å²) in [5.74, 6) is 1.31. The first-order valence-corrected chi connectivity index (χ1v) is 13.0. The van der Waals surface area contributed by atoms with Crippen LogP contribution in [0.3, 0.4) is 0 Å². The molecule has 5 aromatic rings. The van der Waals surface area contributed by atoms with Crippen molar-refractivity contribution in [1.29, 1.82) is 0 Å². The second-order valence-corrected chi connectivity index (χ2v) is 9.38. The molecule has 0 fully saturated rings. The fourth-order valence-electron chi connectivity index (χ4n) is 4.16. The Labute approximate surface area is 229 Å². The molecule has 0 aliphatic heterocycles. The normalized spacial score (nSPS) is 11.2. The molecule has 0 atom stereocenters. The lowest BCUT2D eigenvalue weighted by molar-refractivity contribution is 0.140. The van der Waals surface area contributed by atoms with Gasteiger partial charge in [-0.15, -0.1) is 0 Å². The molecular formula is C27H29ClN8O3. The van der Waals surface area contributed by atoms with Crippen LogP contribution in [0.1, 0.15) is 18.4 Å². The summed E-state index contributed by atoms with van der Waals surface area (Å²) < 4.78 is 11.6. The number of benzene rings is 2. The Kier molecular flexibility index (Phi) is 8.84. The van der Waals surface area contributed by atoms with Gasteiger partial charge in [0.05, 0.1) is 36.9 Å². The summed E-state index contributed by atoms with van der Waals surface area (Å²) in [4.78, 5) is 11.7. The summed E-state index contributed by atoms with van der Waals surface area (Å²) in [5.41, 5.74) is 4.22. The molecule has 0 aliphatic rings. The highest BCUT2D eigenvalue weighted by Gasteiger charge is 2.09. The van der Waals surface area contributed by atoms with Crippen LogP contribution in [0, 0.1) is 0 Å². The molecule has 0 radical (unpaired) electrons. The second-order valence-electron chi connectivity index (χ2n) is 8.94. The number of halogens is 1. The Hall–Kier alpha value is -4.19. The third-order valence-corrected chi connectivity index (χ3v) is 6.20. The Morgan fingerprint density at radius 2 is 1.77 bits per heavy atom. The SMILES string of the molecule is O=c1cc(-c2cc(NCCOCCCCNCc3cc(Cl)cc(Oc4cn[nH]c4)c3)c3cn[nH]c3c2)cn[nH]1. The minimum absolute atomic E-state index is 0.245. The number of fused-ring (bicyclic) bond motifs is 1. The Balaban J connectivity index is 0.998. The number of aromatic amines is 3. The molecule has 0 saturated heterocycles. The van der Waals surface area contributed by atoms with Crippen LogP contribution in [0.5, 0.6) is 11.5 Å². The maximum absolute atomic E-state index is 11.7. The average Bonchev–Trinajstić information content (AvgIpc) is 3.61. The van der Waals surface area contributed by atoms with Crippen molar-refractivity contribution in [2.45, 2.75) is 19.4 Å². The van der Waals surface area contributed by atoms with Crippen LogP contribution in [-0.2, 0) is 11.3 Å². The van der Waals surface area contributed by atoms with Gasteiger partial charge in [-0.1, -0.05) is 11.6 Å². The highest BCUT2D eigenvalue weighted by atomic mass is 35.5. The average molecular weight is 549 g/mol. The van der Waals surface area contributed by atoms with E-state index in [2.05, 4.69) is 41.2 Å². The maximum Gasteiger partial charge on any atom is 0.264 e. The minimum atomic E-state index is -0.245. The van der Waals surface area contributed by atoms with Crippen molar-refractivity contribution in [3.05, 3.63) is 82.1 Å². The molecule has 0 spiro atoms. The van der Waals surface area contributed by atoms with E-state index in [9.17, 15) is 4.79 Å². The molecule has 0 amide bonds. The number of unbranched alkanes of at least 4 members (excludes halogenated alkanes) is 1. The standard InChI is InChI=1S/C27H29ClN8O3/c28-21-7-18(8-22(12-21)39-23-15-31-32-16-23)13-29-3-1-2-5-38-6-4-30-25-9-19(10-26-24(25)17-34-35-26)20-11-27(37)36-33-14-20/h7-12,14-17,29-30H,1-6,13H2,(H,31,32)(H,34,35)(H,36,37). The molecule has 2 aromatic carbocycles. The number of nitrogens with one attached hydrogen (secondary N) is 5. The number of rotatable bonds is 14. The van der Waals surface area contributed by atoms with E-state index in [4.69, 9.17) is 21.1 Å². The van der Waals surface area contributed by atoms with E-state index >= 15 is 0 Å². The molecule has 11 nitrogen and oxygen atoms in total. The smallest absolute Gasteiger partial charge is 0.264 e. The molecule has 0 unspecified atom stereocenters. The fraction of sp³-hybridized carbons (Fsp3) is 0.259. The van der Waals surface area contributed by atoms with Crippen molar-refractivity contribution in [3.63, 3.8) is 0 Å². The Bertz CT molecular complexity index is 1550. The van der Waals surface area contributed by atoms with Gasteiger partial charge in [-0.05, 0) is 60.8 Å². The summed E-state index contributed by atoms with van der Waals surface area (Å²) in [7, 11) is 0. The maximum atomic E-state index is 11.7. The first kappa shape index (κ1) is 26.4.